The van der Waals surface area contributed by atoms with Crippen LogP contribution in [0.2, 0.25) is 0 Å². The smallest absolute Gasteiger partial charge is 0.229 e. The van der Waals surface area contributed by atoms with Crippen LogP contribution >= 0.6 is 11.8 Å². The molecule has 2 atom stereocenters. The lowest BCUT2D eigenvalue weighted by atomic mass is 10.2. The predicted octanol–water partition coefficient (Wildman–Crippen LogP) is 2.36. The van der Waals surface area contributed by atoms with Gasteiger partial charge in [0.15, 0.2) is 0 Å². The second-order valence-corrected chi connectivity index (χ2v) is 7.86. The van der Waals surface area contributed by atoms with Gasteiger partial charge in [0.1, 0.15) is 0 Å². The van der Waals surface area contributed by atoms with Crippen molar-refractivity contribution in [3.05, 3.63) is 24.3 Å². The highest BCUT2D eigenvalue weighted by Crippen LogP contribution is 2.30. The average molecular weight is 286 g/mol. The molecular formula is C12H18N2O2S2. The zero-order chi connectivity index (χ0) is 13.2. The Labute approximate surface area is 113 Å². The fourth-order valence-electron chi connectivity index (χ4n) is 2.04. The fraction of sp³-hybridized carbons (Fsp3) is 0.500. The molecule has 2 N–H and O–H groups in total. The van der Waals surface area contributed by atoms with Crippen molar-refractivity contribution in [2.45, 2.75) is 24.6 Å². The molecule has 0 amide bonds. The van der Waals surface area contributed by atoms with Gasteiger partial charge >= 0.3 is 0 Å². The minimum atomic E-state index is -3.24. The highest BCUT2D eigenvalue weighted by molar-refractivity contribution is 8.00. The van der Waals surface area contributed by atoms with Crippen molar-refractivity contribution in [2.24, 2.45) is 0 Å². The monoisotopic (exact) mass is 286 g/mol. The minimum Gasteiger partial charge on any atom is -0.380 e. The summed E-state index contributed by atoms with van der Waals surface area (Å²) < 4.78 is 25.1. The molecule has 1 aliphatic rings. The molecule has 6 heteroatoms. The summed E-state index contributed by atoms with van der Waals surface area (Å²) in [6.45, 7) is 2.22. The first kappa shape index (κ1) is 13.5. The van der Waals surface area contributed by atoms with E-state index in [0.29, 0.717) is 17.0 Å². The van der Waals surface area contributed by atoms with Crippen molar-refractivity contribution in [1.82, 2.24) is 0 Å². The van der Waals surface area contributed by atoms with Crippen molar-refractivity contribution in [3.8, 4) is 0 Å². The molecule has 1 aromatic rings. The summed E-state index contributed by atoms with van der Waals surface area (Å²) in [5.74, 6) is 1.06. The third-order valence-electron chi connectivity index (χ3n) is 2.78. The van der Waals surface area contributed by atoms with Crippen LogP contribution in [0.5, 0.6) is 0 Å². The first-order valence-corrected chi connectivity index (χ1v) is 8.83. The van der Waals surface area contributed by atoms with Gasteiger partial charge in [0, 0.05) is 17.0 Å². The number of thioether (sulfide) groups is 1. The Morgan fingerprint density at radius 3 is 2.50 bits per heavy atom. The van der Waals surface area contributed by atoms with Gasteiger partial charge in [-0.15, -0.1) is 0 Å². The van der Waals surface area contributed by atoms with E-state index in [9.17, 15) is 8.42 Å². The first-order valence-electron chi connectivity index (χ1n) is 5.89. The topological polar surface area (TPSA) is 58.2 Å². The molecule has 0 bridgehead atoms. The molecule has 2 unspecified atom stereocenters. The van der Waals surface area contributed by atoms with Gasteiger partial charge in [0.05, 0.1) is 17.6 Å². The molecule has 0 spiro atoms. The maximum atomic E-state index is 11.3. The predicted molar refractivity (Wildman–Crippen MR) is 78.9 cm³/mol. The molecule has 1 aromatic carbocycles. The summed E-state index contributed by atoms with van der Waals surface area (Å²) in [4.78, 5) is 0. The van der Waals surface area contributed by atoms with Gasteiger partial charge in [-0.25, -0.2) is 8.42 Å². The summed E-state index contributed by atoms with van der Waals surface area (Å²) in [7, 11) is -3.24. The van der Waals surface area contributed by atoms with Crippen molar-refractivity contribution in [3.63, 3.8) is 0 Å². The van der Waals surface area contributed by atoms with Crippen LogP contribution in [0.25, 0.3) is 0 Å². The van der Waals surface area contributed by atoms with E-state index >= 15 is 0 Å². The number of rotatable bonds is 4. The highest BCUT2D eigenvalue weighted by Gasteiger charge is 2.22. The third-order valence-corrected chi connectivity index (χ3v) is 4.73. The molecule has 0 saturated carbocycles. The lowest BCUT2D eigenvalue weighted by Gasteiger charge is -2.17. The van der Waals surface area contributed by atoms with E-state index in [1.165, 1.54) is 0 Å². The number of hydrogen-bond donors (Lipinski definition) is 2. The van der Waals surface area contributed by atoms with Gasteiger partial charge in [-0.3, -0.25) is 4.72 Å². The quantitative estimate of drug-likeness (QED) is 0.892. The van der Waals surface area contributed by atoms with Gasteiger partial charge in [0.25, 0.3) is 0 Å². The summed E-state index contributed by atoms with van der Waals surface area (Å²) >= 11 is 1.94. The van der Waals surface area contributed by atoms with Crippen molar-refractivity contribution in [2.75, 3.05) is 22.0 Å². The molecule has 1 heterocycles. The van der Waals surface area contributed by atoms with Crippen LogP contribution in [0.15, 0.2) is 24.3 Å². The Morgan fingerprint density at radius 1 is 1.28 bits per heavy atom. The lowest BCUT2D eigenvalue weighted by Crippen LogP contribution is -2.20. The van der Waals surface area contributed by atoms with E-state index in [4.69, 9.17) is 0 Å². The first-order chi connectivity index (χ1) is 8.44. The second kappa shape index (κ2) is 5.40. The van der Waals surface area contributed by atoms with Crippen LogP contribution in [0.4, 0.5) is 11.4 Å². The zero-order valence-corrected chi connectivity index (χ0v) is 12.1. The van der Waals surface area contributed by atoms with E-state index in [1.54, 1.807) is 6.07 Å². The van der Waals surface area contributed by atoms with Gasteiger partial charge in [0.2, 0.25) is 10.0 Å². The number of anilines is 2. The summed E-state index contributed by atoms with van der Waals surface area (Å²) in [6, 6.07) is 7.81. The molecule has 1 saturated heterocycles. The number of nitrogens with one attached hydrogen (secondary N) is 2. The van der Waals surface area contributed by atoms with Crippen LogP contribution in [0.1, 0.15) is 13.3 Å². The van der Waals surface area contributed by atoms with E-state index in [-0.39, 0.29) is 0 Å². The van der Waals surface area contributed by atoms with E-state index in [0.717, 1.165) is 24.1 Å². The fourth-order valence-corrected chi connectivity index (χ4v) is 3.76. The van der Waals surface area contributed by atoms with Crippen LogP contribution in [-0.4, -0.2) is 31.7 Å². The van der Waals surface area contributed by atoms with E-state index < -0.39 is 10.0 Å². The lowest BCUT2D eigenvalue weighted by molar-refractivity contribution is 0.607. The van der Waals surface area contributed by atoms with Crippen molar-refractivity contribution in [1.29, 1.82) is 0 Å². The Morgan fingerprint density at radius 2 is 1.94 bits per heavy atom. The summed E-state index contributed by atoms with van der Waals surface area (Å²) in [5, 5.41) is 4.08. The Hall–Kier alpha value is -0.880. The second-order valence-electron chi connectivity index (χ2n) is 4.64. The Bertz CT molecular complexity index is 517. The number of sulfonamides is 1. The Kier molecular flexibility index (Phi) is 4.07. The summed E-state index contributed by atoms with van der Waals surface area (Å²) in [5.41, 5.74) is 1.46. The van der Waals surface area contributed by atoms with Gasteiger partial charge in [-0.2, -0.15) is 11.8 Å². The number of benzene rings is 1. The third kappa shape index (κ3) is 3.81. The Balaban J connectivity index is 2.12. The molecule has 0 aromatic heterocycles. The molecule has 4 nitrogen and oxygen atoms in total. The van der Waals surface area contributed by atoms with Crippen molar-refractivity contribution < 1.29 is 8.42 Å². The van der Waals surface area contributed by atoms with Crippen molar-refractivity contribution >= 4 is 33.2 Å². The van der Waals surface area contributed by atoms with Gasteiger partial charge in [-0.05, 0) is 18.6 Å². The highest BCUT2D eigenvalue weighted by atomic mass is 32.2. The van der Waals surface area contributed by atoms with E-state index in [2.05, 4.69) is 17.0 Å². The van der Waals surface area contributed by atoms with Gasteiger partial charge in [-0.1, -0.05) is 19.1 Å². The molecule has 1 aliphatic heterocycles. The maximum absolute atomic E-state index is 11.3. The maximum Gasteiger partial charge on any atom is 0.229 e. The molecule has 18 heavy (non-hydrogen) atoms. The van der Waals surface area contributed by atoms with Gasteiger partial charge < -0.3 is 5.32 Å². The molecule has 0 aliphatic carbocycles. The standard InChI is InChI=1S/C12H18N2O2S2/c1-9-7-10(8-17-9)13-11-5-3-4-6-12(11)14-18(2,15)16/h3-6,9-10,13-14H,7-8H2,1-2H3. The van der Waals surface area contributed by atoms with Crippen LogP contribution in [0, 0.1) is 0 Å². The summed E-state index contributed by atoms with van der Waals surface area (Å²) in [6.07, 6.45) is 2.27. The van der Waals surface area contributed by atoms with Crippen LogP contribution in [0.3, 0.4) is 0 Å². The molecule has 2 rings (SSSR count). The van der Waals surface area contributed by atoms with E-state index in [1.807, 2.05) is 30.0 Å². The zero-order valence-electron chi connectivity index (χ0n) is 10.5. The SMILES string of the molecule is CC1CC(Nc2ccccc2NS(C)(=O)=O)CS1. The number of hydrogen-bond acceptors (Lipinski definition) is 4. The average Bonchev–Trinajstić information content (AvgIpc) is 2.65. The molecular weight excluding hydrogens is 268 g/mol. The number of para-hydroxylation sites is 2. The minimum absolute atomic E-state index is 0.410. The van der Waals surface area contributed by atoms with Crippen LogP contribution < -0.4 is 10.0 Å². The molecule has 1 fully saturated rings. The largest absolute Gasteiger partial charge is 0.380 e. The molecule has 0 radical (unpaired) electrons. The normalized spacial score (nSPS) is 23.9. The van der Waals surface area contributed by atoms with Crippen LogP contribution in [-0.2, 0) is 10.0 Å². The molecule has 100 valence electrons.